The summed E-state index contributed by atoms with van der Waals surface area (Å²) in [5.41, 5.74) is 5.55. The van der Waals surface area contributed by atoms with Gasteiger partial charge in [0.2, 0.25) is 5.76 Å². The molecule has 2 heterocycles. The van der Waals surface area contributed by atoms with Gasteiger partial charge in [-0.2, -0.15) is 0 Å². The molecule has 0 spiro atoms. The van der Waals surface area contributed by atoms with Crippen LogP contribution in [-0.2, 0) is 11.2 Å². The van der Waals surface area contributed by atoms with E-state index in [1.807, 2.05) is 18.2 Å². The van der Waals surface area contributed by atoms with Crippen LogP contribution in [0, 0.1) is 11.7 Å². The van der Waals surface area contributed by atoms with Crippen molar-refractivity contribution in [2.75, 3.05) is 7.11 Å². The van der Waals surface area contributed by atoms with Gasteiger partial charge in [-0.05, 0) is 73.1 Å². The highest BCUT2D eigenvalue weighted by Crippen LogP contribution is 2.43. The van der Waals surface area contributed by atoms with E-state index in [0.29, 0.717) is 5.76 Å². The fourth-order valence-electron chi connectivity index (χ4n) is 4.43. The van der Waals surface area contributed by atoms with Crippen molar-refractivity contribution >= 4 is 11.7 Å². The quantitative estimate of drug-likeness (QED) is 0.596. The van der Waals surface area contributed by atoms with Crippen molar-refractivity contribution in [2.45, 2.75) is 32.1 Å². The first-order chi connectivity index (χ1) is 15.1. The minimum absolute atomic E-state index is 0.0852. The molecule has 2 aliphatic carbocycles. The topological polar surface area (TPSA) is 61.0 Å². The normalized spacial score (nSPS) is 19.8. The van der Waals surface area contributed by atoms with Crippen LogP contribution < -0.4 is 4.74 Å². The molecule has 5 rings (SSSR count). The van der Waals surface area contributed by atoms with Gasteiger partial charge in [0.15, 0.2) is 5.76 Å². The predicted octanol–water partition coefficient (Wildman–Crippen LogP) is 5.55. The molecule has 31 heavy (non-hydrogen) atoms. The molecule has 0 bridgehead atoms. The van der Waals surface area contributed by atoms with Crippen molar-refractivity contribution in [1.82, 2.24) is 0 Å². The summed E-state index contributed by atoms with van der Waals surface area (Å²) in [6.07, 6.45) is 9.04. The summed E-state index contributed by atoms with van der Waals surface area (Å²) in [6.45, 7) is 0. The van der Waals surface area contributed by atoms with Gasteiger partial charge in [0.25, 0.3) is 5.95 Å². The number of aliphatic imine (C=N–C) groups is 1. The van der Waals surface area contributed by atoms with Gasteiger partial charge in [0, 0.05) is 17.7 Å². The predicted molar refractivity (Wildman–Crippen MR) is 113 cm³/mol. The number of benzene rings is 1. The molecule has 0 radical (unpaired) electrons. The molecule has 1 aromatic heterocycles. The Morgan fingerprint density at radius 2 is 1.97 bits per heavy atom. The van der Waals surface area contributed by atoms with E-state index in [2.05, 4.69) is 10.8 Å². The fraction of sp³-hybridized carbons (Fsp3) is 0.280. The van der Waals surface area contributed by atoms with Crippen LogP contribution in [0.3, 0.4) is 0 Å². The van der Waals surface area contributed by atoms with Gasteiger partial charge in [0.05, 0.1) is 7.11 Å². The van der Waals surface area contributed by atoms with Crippen LogP contribution in [0.2, 0.25) is 0 Å². The zero-order valence-corrected chi connectivity index (χ0v) is 17.2. The Morgan fingerprint density at radius 1 is 1.16 bits per heavy atom. The maximum absolute atomic E-state index is 13.3. The third kappa shape index (κ3) is 3.74. The first-order valence-electron chi connectivity index (χ1n) is 10.5. The molecule has 1 fully saturated rings. The molecule has 0 saturated heterocycles. The smallest absolute Gasteiger partial charge is 0.374 e. The zero-order chi connectivity index (χ0) is 21.4. The zero-order valence-electron chi connectivity index (χ0n) is 17.2. The Balaban J connectivity index is 1.47. The lowest BCUT2D eigenvalue weighted by Gasteiger charge is -2.24. The van der Waals surface area contributed by atoms with E-state index in [-0.39, 0.29) is 23.4 Å². The Kier molecular flexibility index (Phi) is 5.06. The number of hydrogen-bond donors (Lipinski definition) is 0. The van der Waals surface area contributed by atoms with E-state index in [1.165, 1.54) is 36.5 Å². The number of halogens is 1. The molecule has 1 atom stereocenters. The standard InChI is InChI=1S/C25H22FNO4/c1-29-25(28)21-12-13-22(31-21)30-20-11-8-16(14-15-6-9-17(26)10-7-15)23-18-4-2-3-5-19(18)27-24(20)23/h6-13,16H,2-5,14H2,1H3. The van der Waals surface area contributed by atoms with Crippen molar-refractivity contribution in [3.8, 4) is 5.95 Å². The van der Waals surface area contributed by atoms with E-state index >= 15 is 0 Å². The van der Waals surface area contributed by atoms with Gasteiger partial charge in [-0.3, -0.25) is 0 Å². The minimum Gasteiger partial charge on any atom is -0.463 e. The van der Waals surface area contributed by atoms with Gasteiger partial charge >= 0.3 is 5.97 Å². The molecule has 6 heteroatoms. The van der Waals surface area contributed by atoms with Crippen molar-refractivity contribution in [3.63, 3.8) is 0 Å². The molecule has 0 amide bonds. The number of fused-ring (bicyclic) bond motifs is 2. The van der Waals surface area contributed by atoms with Crippen LogP contribution in [0.1, 0.15) is 41.8 Å². The lowest BCUT2D eigenvalue weighted by atomic mass is 9.81. The number of carbonyl (C=O) groups is 1. The van der Waals surface area contributed by atoms with Crippen LogP contribution in [0.15, 0.2) is 80.6 Å². The maximum atomic E-state index is 13.3. The summed E-state index contributed by atoms with van der Waals surface area (Å²) in [4.78, 5) is 16.6. The van der Waals surface area contributed by atoms with Crippen molar-refractivity contribution in [3.05, 3.63) is 88.3 Å². The molecule has 1 aliphatic heterocycles. The largest absolute Gasteiger partial charge is 0.463 e. The average molecular weight is 419 g/mol. The SMILES string of the molecule is COC(=O)c1ccc(OC2=C3N=C4CCCCC4=C3C(Cc3ccc(F)cc3)C=C2)o1. The van der Waals surface area contributed by atoms with Crippen LogP contribution >= 0.6 is 0 Å². The number of esters is 1. The molecule has 158 valence electrons. The van der Waals surface area contributed by atoms with Crippen LogP contribution in [0.5, 0.6) is 5.95 Å². The van der Waals surface area contributed by atoms with E-state index in [0.717, 1.165) is 49.1 Å². The van der Waals surface area contributed by atoms with E-state index in [9.17, 15) is 9.18 Å². The number of allylic oxidation sites excluding steroid dienone is 4. The number of nitrogens with zero attached hydrogens (tertiary/aromatic N) is 1. The Morgan fingerprint density at radius 3 is 2.77 bits per heavy atom. The summed E-state index contributed by atoms with van der Waals surface area (Å²) in [5, 5.41) is 0. The minimum atomic E-state index is -0.555. The van der Waals surface area contributed by atoms with Crippen LogP contribution in [0.4, 0.5) is 4.39 Å². The first-order valence-corrected chi connectivity index (χ1v) is 10.5. The molecule has 2 aromatic rings. The van der Waals surface area contributed by atoms with Gasteiger partial charge in [-0.15, -0.1) is 0 Å². The number of rotatable bonds is 5. The number of ether oxygens (including phenoxy) is 2. The van der Waals surface area contributed by atoms with E-state index in [4.69, 9.17) is 14.1 Å². The summed E-state index contributed by atoms with van der Waals surface area (Å²) in [5.74, 6) is 0.256. The maximum Gasteiger partial charge on any atom is 0.374 e. The Bertz CT molecular complexity index is 1150. The highest BCUT2D eigenvalue weighted by Gasteiger charge is 2.34. The van der Waals surface area contributed by atoms with Gasteiger partial charge < -0.3 is 13.9 Å². The molecular formula is C25H22FNO4. The molecule has 0 N–H and O–H groups in total. The van der Waals surface area contributed by atoms with Crippen molar-refractivity contribution in [2.24, 2.45) is 10.9 Å². The van der Waals surface area contributed by atoms with Crippen LogP contribution in [0.25, 0.3) is 0 Å². The van der Waals surface area contributed by atoms with Crippen molar-refractivity contribution in [1.29, 1.82) is 0 Å². The lowest BCUT2D eigenvalue weighted by molar-refractivity contribution is 0.0559. The third-order valence-electron chi connectivity index (χ3n) is 5.90. The number of carbonyl (C=O) groups excluding carboxylic acids is 1. The molecule has 5 nitrogen and oxygen atoms in total. The second kappa shape index (κ2) is 8.02. The summed E-state index contributed by atoms with van der Waals surface area (Å²) < 4.78 is 29.5. The molecule has 1 aromatic carbocycles. The van der Waals surface area contributed by atoms with Gasteiger partial charge in [0.1, 0.15) is 11.5 Å². The van der Waals surface area contributed by atoms with Crippen molar-refractivity contribution < 1.29 is 23.1 Å². The molecule has 1 saturated carbocycles. The first kappa shape index (κ1) is 19.5. The van der Waals surface area contributed by atoms with Gasteiger partial charge in [-0.25, -0.2) is 14.2 Å². The summed E-state index contributed by atoms with van der Waals surface area (Å²) in [7, 11) is 1.30. The Hall–Kier alpha value is -3.41. The fourth-order valence-corrected chi connectivity index (χ4v) is 4.43. The highest BCUT2D eigenvalue weighted by atomic mass is 19.1. The monoisotopic (exact) mass is 419 g/mol. The van der Waals surface area contributed by atoms with E-state index in [1.54, 1.807) is 6.07 Å². The number of methoxy groups -OCH3 is 1. The molecule has 1 unspecified atom stereocenters. The van der Waals surface area contributed by atoms with E-state index < -0.39 is 5.97 Å². The highest BCUT2D eigenvalue weighted by molar-refractivity contribution is 6.05. The third-order valence-corrected chi connectivity index (χ3v) is 5.90. The summed E-state index contributed by atoms with van der Waals surface area (Å²) >= 11 is 0. The van der Waals surface area contributed by atoms with Gasteiger partial charge in [-0.1, -0.05) is 18.2 Å². The Labute approximate surface area is 179 Å². The molecular weight excluding hydrogens is 397 g/mol. The molecule has 3 aliphatic rings. The number of furan rings is 1. The van der Waals surface area contributed by atoms with Crippen LogP contribution in [-0.4, -0.2) is 18.8 Å². The second-order valence-corrected chi connectivity index (χ2v) is 7.88. The lowest BCUT2D eigenvalue weighted by Crippen LogP contribution is -2.15. The number of hydrogen-bond acceptors (Lipinski definition) is 5. The second-order valence-electron chi connectivity index (χ2n) is 7.88. The summed E-state index contributed by atoms with van der Waals surface area (Å²) in [6, 6.07) is 9.78. The average Bonchev–Trinajstić information content (AvgIpc) is 3.41.